The monoisotopic (exact) mass is 335 g/mol. The Labute approximate surface area is 138 Å². The van der Waals surface area contributed by atoms with Gasteiger partial charge in [-0.15, -0.1) is 0 Å². The van der Waals surface area contributed by atoms with E-state index in [2.05, 4.69) is 10.3 Å². The van der Waals surface area contributed by atoms with Crippen molar-refractivity contribution in [1.82, 2.24) is 14.9 Å². The van der Waals surface area contributed by atoms with Gasteiger partial charge in [0.25, 0.3) is 11.6 Å². The maximum atomic E-state index is 11.2. The third-order valence-corrected chi connectivity index (χ3v) is 3.47. The normalized spacial score (nSPS) is 11.5. The van der Waals surface area contributed by atoms with Crippen LogP contribution in [0.25, 0.3) is 5.65 Å². The number of rotatable bonds is 5. The number of hydrogen-bond acceptors (Lipinski definition) is 6. The highest BCUT2D eigenvalue weighted by Gasteiger charge is 2.22. The van der Waals surface area contributed by atoms with Gasteiger partial charge in [0.05, 0.1) is 23.4 Å². The molecule has 0 atom stereocenters. The molecule has 1 amide bonds. The van der Waals surface area contributed by atoms with E-state index in [0.717, 1.165) is 5.69 Å². The van der Waals surface area contributed by atoms with Crippen LogP contribution in [0.1, 0.15) is 32.0 Å². The molecule has 0 aromatic carbocycles. The summed E-state index contributed by atoms with van der Waals surface area (Å²) < 4.78 is 1.68. The minimum atomic E-state index is -0.601. The molecule has 0 radical (unpaired) electrons. The van der Waals surface area contributed by atoms with Crippen LogP contribution in [0.3, 0.4) is 0 Å². The van der Waals surface area contributed by atoms with Gasteiger partial charge in [0.1, 0.15) is 11.5 Å². The number of fused-ring (bicyclic) bond motifs is 1. The molecule has 0 aliphatic heterocycles. The fraction of sp³-hybridized carbons (Fsp3) is 0.467. The molecule has 24 heavy (non-hydrogen) atoms. The van der Waals surface area contributed by atoms with Gasteiger partial charge in [-0.3, -0.25) is 24.5 Å². The summed E-state index contributed by atoms with van der Waals surface area (Å²) >= 11 is 0. The highest BCUT2D eigenvalue weighted by molar-refractivity contribution is 5.79. The standard InChI is InChI=1S/C15H21N5O4/c1-9-5-12-17-14(16-7-13(21)18-22)10(6-15(2,3)4)19(12)8-11(9)20(23)24/h5,8,16,22H,6-7H2,1-4H3,(H,18,21). The Morgan fingerprint density at radius 3 is 2.67 bits per heavy atom. The molecule has 2 heterocycles. The van der Waals surface area contributed by atoms with Crippen molar-refractivity contribution in [2.75, 3.05) is 11.9 Å². The summed E-state index contributed by atoms with van der Waals surface area (Å²) in [5.74, 6) is -0.135. The Kier molecular flexibility index (Phi) is 4.74. The first-order valence-electron chi connectivity index (χ1n) is 7.45. The summed E-state index contributed by atoms with van der Waals surface area (Å²) in [4.78, 5) is 26.4. The predicted octanol–water partition coefficient (Wildman–Crippen LogP) is 2.06. The zero-order chi connectivity index (χ0) is 18.1. The van der Waals surface area contributed by atoms with Gasteiger partial charge in [-0.2, -0.15) is 0 Å². The summed E-state index contributed by atoms with van der Waals surface area (Å²) in [5.41, 5.74) is 3.28. The first-order chi connectivity index (χ1) is 11.1. The lowest BCUT2D eigenvalue weighted by Crippen LogP contribution is -2.27. The SMILES string of the molecule is Cc1cc2nc(NCC(=O)NO)c(CC(C)(C)C)n2cc1[N+](=O)[O-]. The number of pyridine rings is 1. The summed E-state index contributed by atoms with van der Waals surface area (Å²) in [6, 6.07) is 1.64. The Balaban J connectivity index is 2.56. The second-order valence-corrected chi connectivity index (χ2v) is 6.86. The number of nitrogens with zero attached hydrogens (tertiary/aromatic N) is 3. The van der Waals surface area contributed by atoms with Crippen LogP contribution in [0.4, 0.5) is 11.5 Å². The van der Waals surface area contributed by atoms with E-state index in [4.69, 9.17) is 5.21 Å². The van der Waals surface area contributed by atoms with E-state index in [9.17, 15) is 14.9 Å². The molecule has 0 saturated carbocycles. The van der Waals surface area contributed by atoms with Gasteiger partial charge in [-0.25, -0.2) is 10.5 Å². The molecule has 0 aliphatic carbocycles. The van der Waals surface area contributed by atoms with Crippen LogP contribution in [0.15, 0.2) is 12.3 Å². The van der Waals surface area contributed by atoms with Crippen LogP contribution in [0.2, 0.25) is 0 Å². The van der Waals surface area contributed by atoms with Gasteiger partial charge >= 0.3 is 0 Å². The van der Waals surface area contributed by atoms with Crippen molar-refractivity contribution >= 4 is 23.1 Å². The molecule has 0 saturated heterocycles. The second kappa shape index (κ2) is 6.44. The Bertz CT molecular complexity index is 791. The molecule has 130 valence electrons. The molecular weight excluding hydrogens is 314 g/mol. The van der Waals surface area contributed by atoms with E-state index in [-0.39, 0.29) is 17.6 Å². The largest absolute Gasteiger partial charge is 0.359 e. The Hall–Kier alpha value is -2.68. The van der Waals surface area contributed by atoms with Gasteiger partial charge in [-0.1, -0.05) is 20.8 Å². The molecule has 9 nitrogen and oxygen atoms in total. The predicted molar refractivity (Wildman–Crippen MR) is 88.2 cm³/mol. The molecule has 0 unspecified atom stereocenters. The lowest BCUT2D eigenvalue weighted by Gasteiger charge is -2.19. The Morgan fingerprint density at radius 1 is 1.46 bits per heavy atom. The van der Waals surface area contributed by atoms with E-state index in [1.54, 1.807) is 22.9 Å². The van der Waals surface area contributed by atoms with E-state index >= 15 is 0 Å². The van der Waals surface area contributed by atoms with Gasteiger partial charge < -0.3 is 5.32 Å². The maximum Gasteiger partial charge on any atom is 0.288 e. The summed E-state index contributed by atoms with van der Waals surface area (Å²) in [6.07, 6.45) is 2.05. The van der Waals surface area contributed by atoms with Crippen LogP contribution in [0, 0.1) is 22.5 Å². The topological polar surface area (TPSA) is 122 Å². The third kappa shape index (κ3) is 3.80. The number of carbonyl (C=O) groups is 1. The number of hydrogen-bond donors (Lipinski definition) is 3. The maximum absolute atomic E-state index is 11.2. The van der Waals surface area contributed by atoms with E-state index < -0.39 is 10.8 Å². The lowest BCUT2D eigenvalue weighted by atomic mass is 9.90. The van der Waals surface area contributed by atoms with Crippen LogP contribution in [-0.2, 0) is 11.2 Å². The molecule has 0 bridgehead atoms. The van der Waals surface area contributed by atoms with Crippen LogP contribution >= 0.6 is 0 Å². The van der Waals surface area contributed by atoms with Gasteiger partial charge in [0.2, 0.25) is 0 Å². The van der Waals surface area contributed by atoms with E-state index in [1.165, 1.54) is 6.20 Å². The zero-order valence-electron chi connectivity index (χ0n) is 14.1. The highest BCUT2D eigenvalue weighted by Crippen LogP contribution is 2.29. The van der Waals surface area contributed by atoms with Gasteiger partial charge in [0.15, 0.2) is 0 Å². The minimum absolute atomic E-state index is 0.00899. The lowest BCUT2D eigenvalue weighted by molar-refractivity contribution is -0.385. The molecule has 2 aromatic rings. The Morgan fingerprint density at radius 2 is 2.12 bits per heavy atom. The summed E-state index contributed by atoms with van der Waals surface area (Å²) in [5, 5.41) is 22.7. The zero-order valence-corrected chi connectivity index (χ0v) is 14.1. The van der Waals surface area contributed by atoms with Crippen LogP contribution < -0.4 is 10.8 Å². The number of hydroxylamine groups is 1. The van der Waals surface area contributed by atoms with Gasteiger partial charge in [0, 0.05) is 5.56 Å². The third-order valence-electron chi connectivity index (χ3n) is 3.47. The molecule has 0 fully saturated rings. The quantitative estimate of drug-likeness (QED) is 0.437. The van der Waals surface area contributed by atoms with Crippen molar-refractivity contribution in [1.29, 1.82) is 0 Å². The number of amides is 1. The average Bonchev–Trinajstić information content (AvgIpc) is 2.78. The van der Waals surface area contributed by atoms with Crippen molar-refractivity contribution in [2.24, 2.45) is 5.41 Å². The number of nitrogens with one attached hydrogen (secondary N) is 2. The molecular formula is C15H21N5O4. The number of aromatic nitrogens is 2. The second-order valence-electron chi connectivity index (χ2n) is 6.86. The molecule has 9 heteroatoms. The van der Waals surface area contributed by atoms with E-state index in [0.29, 0.717) is 23.4 Å². The minimum Gasteiger partial charge on any atom is -0.359 e. The fourth-order valence-electron chi connectivity index (χ4n) is 2.43. The van der Waals surface area contributed by atoms with Crippen LogP contribution in [0.5, 0.6) is 0 Å². The molecule has 2 aromatic heterocycles. The number of carbonyl (C=O) groups excluding carboxylic acids is 1. The summed E-state index contributed by atoms with van der Waals surface area (Å²) in [6.45, 7) is 7.62. The van der Waals surface area contributed by atoms with Crippen molar-refractivity contribution < 1.29 is 14.9 Å². The first-order valence-corrected chi connectivity index (χ1v) is 7.45. The first kappa shape index (κ1) is 17.7. The van der Waals surface area contributed by atoms with Crippen molar-refractivity contribution in [3.63, 3.8) is 0 Å². The highest BCUT2D eigenvalue weighted by atomic mass is 16.6. The number of nitro groups is 1. The molecule has 0 spiro atoms. The van der Waals surface area contributed by atoms with Gasteiger partial charge in [-0.05, 0) is 24.8 Å². The molecule has 2 rings (SSSR count). The fourth-order valence-corrected chi connectivity index (χ4v) is 2.43. The van der Waals surface area contributed by atoms with Crippen LogP contribution in [-0.4, -0.2) is 32.0 Å². The number of aryl methyl sites for hydroxylation is 1. The van der Waals surface area contributed by atoms with E-state index in [1.807, 2.05) is 20.8 Å². The number of anilines is 1. The summed E-state index contributed by atoms with van der Waals surface area (Å²) in [7, 11) is 0. The smallest absolute Gasteiger partial charge is 0.288 e. The molecule has 0 aliphatic rings. The van der Waals surface area contributed by atoms with Crippen molar-refractivity contribution in [2.45, 2.75) is 34.1 Å². The molecule has 3 N–H and O–H groups in total. The number of imidazole rings is 1. The van der Waals surface area contributed by atoms with Crippen molar-refractivity contribution in [3.8, 4) is 0 Å². The average molecular weight is 335 g/mol. The van der Waals surface area contributed by atoms with Crippen molar-refractivity contribution in [3.05, 3.63) is 33.6 Å².